The van der Waals surface area contributed by atoms with E-state index in [1.807, 2.05) is 0 Å². The minimum Gasteiger partial charge on any atom is -0.465 e. The molecule has 1 aliphatic carbocycles. The highest BCUT2D eigenvalue weighted by molar-refractivity contribution is 5.94. The van der Waals surface area contributed by atoms with Crippen LogP contribution in [-0.2, 0) is 11.2 Å². The number of ketones is 1. The van der Waals surface area contributed by atoms with E-state index in [1.54, 1.807) is 39.0 Å². The second-order valence-corrected chi connectivity index (χ2v) is 6.66. The molecule has 1 atom stereocenters. The molecule has 1 unspecified atom stereocenters. The molecule has 1 N–H and O–H groups in total. The van der Waals surface area contributed by atoms with Crippen LogP contribution in [0.1, 0.15) is 61.6 Å². The molecular weight excluding hydrogens is 298 g/mol. The van der Waals surface area contributed by atoms with Crippen LogP contribution < -0.4 is 0 Å². The Balaban J connectivity index is 2.32. The third-order valence-electron chi connectivity index (χ3n) is 3.70. The van der Waals surface area contributed by atoms with Crippen molar-refractivity contribution in [1.29, 1.82) is 0 Å². The summed E-state index contributed by atoms with van der Waals surface area (Å²) >= 11 is 0. The highest BCUT2D eigenvalue weighted by atomic mass is 16.6. The Kier molecular flexibility index (Phi) is 4.45. The fraction of sp³-hybridized carbons (Fsp3) is 0.471. The molecule has 0 spiro atoms. The van der Waals surface area contributed by atoms with Gasteiger partial charge in [0.1, 0.15) is 5.60 Å². The molecule has 0 bridgehead atoms. The number of aryl methyl sites for hydroxylation is 1. The fourth-order valence-electron chi connectivity index (χ4n) is 2.73. The van der Waals surface area contributed by atoms with Crippen LogP contribution in [0.15, 0.2) is 18.2 Å². The Bertz CT molecular complexity index is 659. The van der Waals surface area contributed by atoms with Crippen molar-refractivity contribution >= 4 is 18.0 Å². The maximum atomic E-state index is 12.2. The van der Waals surface area contributed by atoms with Gasteiger partial charge in [-0.15, -0.1) is 0 Å². The first-order valence-electron chi connectivity index (χ1n) is 7.49. The van der Waals surface area contributed by atoms with E-state index >= 15 is 0 Å². The van der Waals surface area contributed by atoms with Crippen molar-refractivity contribution in [2.45, 2.75) is 52.2 Å². The second-order valence-electron chi connectivity index (χ2n) is 6.66. The van der Waals surface area contributed by atoms with E-state index < -0.39 is 23.8 Å². The minimum absolute atomic E-state index is 0.0431. The number of benzene rings is 1. The first kappa shape index (κ1) is 17.0. The van der Waals surface area contributed by atoms with E-state index in [-0.39, 0.29) is 5.78 Å². The predicted octanol–water partition coefficient (Wildman–Crippen LogP) is 3.79. The summed E-state index contributed by atoms with van der Waals surface area (Å²) in [5, 5.41) is 9.44. The van der Waals surface area contributed by atoms with Crippen molar-refractivity contribution in [2.24, 2.45) is 0 Å². The molecule has 0 aromatic heterocycles. The van der Waals surface area contributed by atoms with Crippen molar-refractivity contribution < 1.29 is 24.2 Å². The molecular formula is C17H21NO5. The second kappa shape index (κ2) is 6.02. The zero-order chi connectivity index (χ0) is 17.4. The van der Waals surface area contributed by atoms with Crippen LogP contribution in [0.4, 0.5) is 9.59 Å². The van der Waals surface area contributed by atoms with Crippen molar-refractivity contribution in [3.8, 4) is 0 Å². The number of hydrogen-bond acceptors (Lipinski definition) is 4. The van der Waals surface area contributed by atoms with E-state index in [0.717, 1.165) is 16.0 Å². The van der Waals surface area contributed by atoms with Crippen molar-refractivity contribution in [1.82, 2.24) is 4.90 Å². The summed E-state index contributed by atoms with van der Waals surface area (Å²) in [5.74, 6) is -0.0431. The summed E-state index contributed by atoms with van der Waals surface area (Å²) in [6.45, 7) is 6.55. The summed E-state index contributed by atoms with van der Waals surface area (Å²) < 4.78 is 5.20. The minimum atomic E-state index is -1.34. The molecule has 0 aliphatic heterocycles. The van der Waals surface area contributed by atoms with Gasteiger partial charge in [-0.2, -0.15) is 0 Å². The molecule has 124 valence electrons. The molecule has 1 aromatic rings. The molecule has 6 heteroatoms. The van der Waals surface area contributed by atoms with Gasteiger partial charge in [0.25, 0.3) is 0 Å². The Hall–Kier alpha value is -2.37. The maximum absolute atomic E-state index is 12.2. The third-order valence-corrected chi connectivity index (χ3v) is 3.70. The molecule has 2 amide bonds. The molecule has 1 aliphatic rings. The highest BCUT2D eigenvalue weighted by Crippen LogP contribution is 2.37. The summed E-state index contributed by atoms with van der Waals surface area (Å²) in [6, 6.07) is 4.57. The quantitative estimate of drug-likeness (QED) is 0.838. The number of amides is 2. The predicted molar refractivity (Wildman–Crippen MR) is 83.6 cm³/mol. The first-order chi connectivity index (χ1) is 10.6. The van der Waals surface area contributed by atoms with Crippen LogP contribution in [0.3, 0.4) is 0 Å². The van der Waals surface area contributed by atoms with Gasteiger partial charge < -0.3 is 9.84 Å². The topological polar surface area (TPSA) is 83.9 Å². The molecule has 1 aromatic carbocycles. The first-order valence-corrected chi connectivity index (χ1v) is 7.49. The van der Waals surface area contributed by atoms with Crippen LogP contribution in [0.2, 0.25) is 0 Å². The van der Waals surface area contributed by atoms with Gasteiger partial charge in [-0.1, -0.05) is 12.1 Å². The van der Waals surface area contributed by atoms with E-state index in [1.165, 1.54) is 6.92 Å². The number of fused-ring (bicyclic) bond motifs is 1. The monoisotopic (exact) mass is 319 g/mol. The van der Waals surface area contributed by atoms with Crippen LogP contribution in [0.25, 0.3) is 0 Å². The van der Waals surface area contributed by atoms with Gasteiger partial charge in [-0.3, -0.25) is 4.79 Å². The van der Waals surface area contributed by atoms with Gasteiger partial charge in [0.05, 0.1) is 6.04 Å². The number of hydrogen-bond donors (Lipinski definition) is 1. The van der Waals surface area contributed by atoms with E-state index in [0.29, 0.717) is 18.4 Å². The molecule has 0 fully saturated rings. The largest absolute Gasteiger partial charge is 0.465 e. The fourth-order valence-corrected chi connectivity index (χ4v) is 2.73. The zero-order valence-electron chi connectivity index (χ0n) is 13.8. The maximum Gasteiger partial charge on any atom is 0.420 e. The molecule has 0 saturated carbocycles. The van der Waals surface area contributed by atoms with E-state index in [2.05, 4.69) is 0 Å². The van der Waals surface area contributed by atoms with Crippen molar-refractivity contribution in [3.63, 3.8) is 0 Å². The van der Waals surface area contributed by atoms with Crippen molar-refractivity contribution in [2.75, 3.05) is 0 Å². The Morgan fingerprint density at radius 1 is 1.26 bits per heavy atom. The highest BCUT2D eigenvalue weighted by Gasteiger charge is 2.38. The normalized spacial score (nSPS) is 16.6. The molecule has 0 saturated heterocycles. The summed E-state index contributed by atoms with van der Waals surface area (Å²) in [5.41, 5.74) is 1.47. The lowest BCUT2D eigenvalue weighted by Crippen LogP contribution is -2.41. The summed E-state index contributed by atoms with van der Waals surface area (Å²) in [4.78, 5) is 36.0. The van der Waals surface area contributed by atoms with E-state index in [9.17, 15) is 19.5 Å². The van der Waals surface area contributed by atoms with Gasteiger partial charge in [-0.25, -0.2) is 14.5 Å². The Labute approximate surface area is 135 Å². The molecule has 0 radical (unpaired) electrons. The van der Waals surface area contributed by atoms with Gasteiger partial charge in [0.15, 0.2) is 5.78 Å². The van der Waals surface area contributed by atoms with E-state index in [4.69, 9.17) is 4.74 Å². The molecule has 23 heavy (non-hydrogen) atoms. The van der Waals surface area contributed by atoms with Gasteiger partial charge in [0.2, 0.25) is 0 Å². The van der Waals surface area contributed by atoms with Gasteiger partial charge in [0, 0.05) is 5.56 Å². The van der Waals surface area contributed by atoms with Crippen LogP contribution in [0, 0.1) is 0 Å². The van der Waals surface area contributed by atoms with Crippen molar-refractivity contribution in [3.05, 3.63) is 34.9 Å². The smallest absolute Gasteiger partial charge is 0.420 e. The number of nitrogens with zero attached hydrogens (tertiary/aromatic N) is 1. The summed E-state index contributed by atoms with van der Waals surface area (Å²) in [6.07, 6.45) is -1.11. The SMILES string of the molecule is CC(=O)c1ccc2c(c1)CCC2N(C(=O)O)C(=O)OC(C)(C)C. The number of rotatable bonds is 2. The Morgan fingerprint density at radius 2 is 1.91 bits per heavy atom. The molecule has 6 nitrogen and oxygen atoms in total. The summed E-state index contributed by atoms with van der Waals surface area (Å²) in [7, 11) is 0. The number of imide groups is 1. The average Bonchev–Trinajstić information content (AvgIpc) is 2.79. The molecule has 0 heterocycles. The number of carboxylic acid groups (broad SMARTS) is 1. The average molecular weight is 319 g/mol. The standard InChI is InChI=1S/C17H21NO5/c1-10(19)11-5-7-13-12(9-11)6-8-14(13)18(15(20)21)16(22)23-17(2,3)4/h5,7,9,14H,6,8H2,1-4H3,(H,20,21). The van der Waals surface area contributed by atoms with Crippen LogP contribution in [0.5, 0.6) is 0 Å². The number of Topliss-reactive ketones (excluding diaryl/α,β-unsaturated/α-hetero) is 1. The van der Waals surface area contributed by atoms with Gasteiger partial charge >= 0.3 is 12.2 Å². The Morgan fingerprint density at radius 3 is 2.43 bits per heavy atom. The zero-order valence-corrected chi connectivity index (χ0v) is 13.8. The van der Waals surface area contributed by atoms with Crippen LogP contribution >= 0.6 is 0 Å². The number of carbonyl (C=O) groups excluding carboxylic acids is 2. The van der Waals surface area contributed by atoms with Gasteiger partial charge in [-0.05, 0) is 57.7 Å². The lowest BCUT2D eigenvalue weighted by atomic mass is 10.0. The van der Waals surface area contributed by atoms with Crippen LogP contribution in [-0.4, -0.2) is 33.6 Å². The lowest BCUT2D eigenvalue weighted by molar-refractivity contribution is 0.0188. The number of carbonyl (C=O) groups is 3. The third kappa shape index (κ3) is 3.70. The molecule has 2 rings (SSSR count). The number of ether oxygens (including phenoxy) is 1. The lowest BCUT2D eigenvalue weighted by Gasteiger charge is -2.28.